The number of likely N-dealkylation sites (N-methyl/N-ethyl adjacent to an activating group) is 1. The molecule has 4 rings (SSSR count). The van der Waals surface area contributed by atoms with Gasteiger partial charge in [-0.25, -0.2) is 0 Å². The van der Waals surface area contributed by atoms with Gasteiger partial charge >= 0.3 is 0 Å². The van der Waals surface area contributed by atoms with Crippen molar-refractivity contribution in [1.82, 2.24) is 10.2 Å². The number of aryl methyl sites for hydroxylation is 1. The second kappa shape index (κ2) is 9.52. The first-order valence-electron chi connectivity index (χ1n) is 11.4. The van der Waals surface area contributed by atoms with Crippen molar-refractivity contribution in [3.63, 3.8) is 0 Å². The van der Waals surface area contributed by atoms with Crippen molar-refractivity contribution in [2.75, 3.05) is 25.5 Å². The molecule has 1 heterocycles. The number of nitrogens with zero attached hydrogens (tertiary/aromatic N) is 1. The monoisotopic (exact) mass is 415 g/mol. The van der Waals surface area contributed by atoms with Crippen LogP contribution in [0, 0.1) is 6.92 Å². The number of benzene rings is 3. The van der Waals surface area contributed by atoms with E-state index in [4.69, 9.17) is 0 Å². The van der Waals surface area contributed by atoms with Crippen LogP contribution in [0.25, 0.3) is 10.8 Å². The summed E-state index contributed by atoms with van der Waals surface area (Å²) in [6.45, 7) is 6.12. The normalized spacial score (nSPS) is 18.0. The highest BCUT2D eigenvalue weighted by atomic mass is 16.1. The van der Waals surface area contributed by atoms with Gasteiger partial charge in [0.05, 0.1) is 6.04 Å². The van der Waals surface area contributed by atoms with Gasteiger partial charge in [0, 0.05) is 23.8 Å². The molecule has 4 heteroatoms. The number of piperidine rings is 1. The molecular formula is C27H33N3O. The Morgan fingerprint density at radius 2 is 1.90 bits per heavy atom. The predicted octanol–water partition coefficient (Wildman–Crippen LogP) is 5.54. The second-order valence-electron chi connectivity index (χ2n) is 8.80. The summed E-state index contributed by atoms with van der Waals surface area (Å²) in [4.78, 5) is 15.6. The fourth-order valence-electron chi connectivity index (χ4n) is 4.59. The van der Waals surface area contributed by atoms with Crippen molar-refractivity contribution >= 4 is 22.4 Å². The Labute approximate surface area is 185 Å². The lowest BCUT2D eigenvalue weighted by molar-refractivity contribution is 0.0939. The van der Waals surface area contributed by atoms with Gasteiger partial charge < -0.3 is 15.5 Å². The molecule has 162 valence electrons. The van der Waals surface area contributed by atoms with E-state index in [1.165, 1.54) is 36.6 Å². The summed E-state index contributed by atoms with van der Waals surface area (Å²) >= 11 is 0. The van der Waals surface area contributed by atoms with Gasteiger partial charge in [0.2, 0.25) is 0 Å². The zero-order valence-electron chi connectivity index (χ0n) is 18.8. The molecule has 1 unspecified atom stereocenters. The lowest BCUT2D eigenvalue weighted by Crippen LogP contribution is -2.40. The highest BCUT2D eigenvalue weighted by Gasteiger charge is 2.19. The molecule has 1 saturated heterocycles. The molecule has 31 heavy (non-hydrogen) atoms. The van der Waals surface area contributed by atoms with Crippen molar-refractivity contribution in [1.29, 1.82) is 0 Å². The summed E-state index contributed by atoms with van der Waals surface area (Å²) in [5, 5.41) is 9.14. The lowest BCUT2D eigenvalue weighted by atomic mass is 9.99. The first kappa shape index (κ1) is 21.4. The van der Waals surface area contributed by atoms with Gasteiger partial charge in [-0.05, 0) is 74.3 Å². The Morgan fingerprint density at radius 3 is 2.74 bits per heavy atom. The number of hydrogen-bond acceptors (Lipinski definition) is 3. The van der Waals surface area contributed by atoms with Gasteiger partial charge in [-0.3, -0.25) is 4.79 Å². The fraction of sp³-hybridized carbons (Fsp3) is 0.370. The first-order valence-corrected chi connectivity index (χ1v) is 11.4. The molecule has 1 amide bonds. The fourth-order valence-corrected chi connectivity index (χ4v) is 4.59. The highest BCUT2D eigenvalue weighted by molar-refractivity contribution is 5.97. The van der Waals surface area contributed by atoms with Crippen LogP contribution in [0.5, 0.6) is 0 Å². The van der Waals surface area contributed by atoms with E-state index in [0.717, 1.165) is 28.9 Å². The van der Waals surface area contributed by atoms with Gasteiger partial charge in [0.25, 0.3) is 5.91 Å². The van der Waals surface area contributed by atoms with Crippen molar-refractivity contribution < 1.29 is 4.79 Å². The van der Waals surface area contributed by atoms with Crippen LogP contribution in [0.2, 0.25) is 0 Å². The highest BCUT2D eigenvalue weighted by Crippen LogP contribution is 2.25. The van der Waals surface area contributed by atoms with Gasteiger partial charge in [-0.2, -0.15) is 0 Å². The SMILES string of the molecule is Cc1ccc(NCC2CCCCN2C)cc1C(=O)N[C@H](C)c1cccc2ccccc12. The minimum atomic E-state index is -0.0782. The van der Waals surface area contributed by atoms with Gasteiger partial charge in [-0.1, -0.05) is 55.0 Å². The molecular weight excluding hydrogens is 382 g/mol. The van der Waals surface area contributed by atoms with E-state index >= 15 is 0 Å². The molecule has 1 fully saturated rings. The van der Waals surface area contributed by atoms with Crippen LogP contribution in [-0.4, -0.2) is 37.0 Å². The topological polar surface area (TPSA) is 44.4 Å². The van der Waals surface area contributed by atoms with Crippen LogP contribution < -0.4 is 10.6 Å². The summed E-state index contributed by atoms with van der Waals surface area (Å²) in [5.74, 6) is -0.0311. The standard InChI is InChI=1S/C27H33N3O/c1-19-14-15-22(28-18-23-11-6-7-16-30(23)3)17-26(19)27(31)29-20(2)24-13-8-10-21-9-4-5-12-25(21)24/h4-5,8-10,12-15,17,20,23,28H,6-7,11,16,18H2,1-3H3,(H,29,31)/t20-,23?/m1/s1. The van der Waals surface area contributed by atoms with Crippen molar-refractivity contribution in [2.24, 2.45) is 0 Å². The quantitative estimate of drug-likeness (QED) is 0.556. The van der Waals surface area contributed by atoms with E-state index in [0.29, 0.717) is 6.04 Å². The van der Waals surface area contributed by atoms with Crippen LogP contribution in [0.15, 0.2) is 60.7 Å². The molecule has 3 aromatic carbocycles. The summed E-state index contributed by atoms with van der Waals surface area (Å²) in [5.41, 5.74) is 3.86. The van der Waals surface area contributed by atoms with Crippen molar-refractivity contribution in [3.8, 4) is 0 Å². The van der Waals surface area contributed by atoms with Crippen LogP contribution in [0.4, 0.5) is 5.69 Å². The average molecular weight is 416 g/mol. The predicted molar refractivity (Wildman–Crippen MR) is 130 cm³/mol. The molecule has 1 aliphatic heterocycles. The number of fused-ring (bicyclic) bond motifs is 1. The molecule has 4 nitrogen and oxygen atoms in total. The molecule has 2 atom stereocenters. The maximum Gasteiger partial charge on any atom is 0.252 e. The summed E-state index contributed by atoms with van der Waals surface area (Å²) in [7, 11) is 2.20. The van der Waals surface area contributed by atoms with E-state index in [9.17, 15) is 4.79 Å². The number of anilines is 1. The number of rotatable bonds is 6. The third-order valence-electron chi connectivity index (χ3n) is 6.58. The smallest absolute Gasteiger partial charge is 0.252 e. The zero-order valence-corrected chi connectivity index (χ0v) is 18.8. The summed E-state index contributed by atoms with van der Waals surface area (Å²) in [6.07, 6.45) is 3.81. The molecule has 0 saturated carbocycles. The van der Waals surface area contributed by atoms with E-state index in [2.05, 4.69) is 65.9 Å². The van der Waals surface area contributed by atoms with E-state index in [1.54, 1.807) is 0 Å². The van der Waals surface area contributed by atoms with Gasteiger partial charge in [-0.15, -0.1) is 0 Å². The molecule has 0 aromatic heterocycles. The minimum absolute atomic E-state index is 0.0311. The second-order valence-corrected chi connectivity index (χ2v) is 8.80. The van der Waals surface area contributed by atoms with Crippen LogP contribution in [0.3, 0.4) is 0 Å². The van der Waals surface area contributed by atoms with Gasteiger partial charge in [0.1, 0.15) is 0 Å². The minimum Gasteiger partial charge on any atom is -0.383 e. The molecule has 0 spiro atoms. The molecule has 0 aliphatic carbocycles. The maximum atomic E-state index is 13.1. The van der Waals surface area contributed by atoms with E-state index in [-0.39, 0.29) is 11.9 Å². The Balaban J connectivity index is 1.47. The third-order valence-corrected chi connectivity index (χ3v) is 6.58. The number of hydrogen-bond donors (Lipinski definition) is 2. The largest absolute Gasteiger partial charge is 0.383 e. The third kappa shape index (κ3) is 4.91. The summed E-state index contributed by atoms with van der Waals surface area (Å²) < 4.78 is 0. The van der Waals surface area contributed by atoms with Crippen LogP contribution in [0.1, 0.15) is 53.7 Å². The Morgan fingerprint density at radius 1 is 1.10 bits per heavy atom. The van der Waals surface area contributed by atoms with Crippen LogP contribution >= 0.6 is 0 Å². The molecule has 1 aliphatic rings. The molecule has 0 bridgehead atoms. The number of likely N-dealkylation sites (tertiary alicyclic amines) is 1. The Kier molecular flexibility index (Phi) is 6.57. The van der Waals surface area contributed by atoms with Crippen molar-refractivity contribution in [2.45, 2.75) is 45.2 Å². The summed E-state index contributed by atoms with van der Waals surface area (Å²) in [6, 6.07) is 21.1. The van der Waals surface area contributed by atoms with E-state index < -0.39 is 0 Å². The van der Waals surface area contributed by atoms with Gasteiger partial charge in [0.15, 0.2) is 0 Å². The molecule has 3 aromatic rings. The van der Waals surface area contributed by atoms with Crippen molar-refractivity contribution in [3.05, 3.63) is 77.4 Å². The molecule has 2 N–H and O–H groups in total. The number of carbonyl (C=O) groups excluding carboxylic acids is 1. The molecule has 0 radical (unpaired) electrons. The van der Waals surface area contributed by atoms with Crippen LogP contribution in [-0.2, 0) is 0 Å². The number of carbonyl (C=O) groups is 1. The average Bonchev–Trinajstić information content (AvgIpc) is 2.79. The Bertz CT molecular complexity index is 1060. The maximum absolute atomic E-state index is 13.1. The van der Waals surface area contributed by atoms with E-state index in [1.807, 2.05) is 31.2 Å². The number of nitrogens with one attached hydrogen (secondary N) is 2. The zero-order chi connectivity index (χ0) is 21.8. The Hall–Kier alpha value is -2.85. The lowest BCUT2D eigenvalue weighted by Gasteiger charge is -2.32. The number of amides is 1. The first-order chi connectivity index (χ1) is 15.0.